The molecule has 2 aliphatic carbocycles. The topological polar surface area (TPSA) is 24.1 Å². The van der Waals surface area contributed by atoms with Crippen LogP contribution < -0.4 is 10.6 Å². The van der Waals surface area contributed by atoms with Gasteiger partial charge in [0.2, 0.25) is 0 Å². The van der Waals surface area contributed by atoms with Crippen LogP contribution >= 0.6 is 0 Å². The van der Waals surface area contributed by atoms with Crippen LogP contribution in [-0.2, 0) is 0 Å². The molecule has 2 rings (SSSR count). The molecule has 0 amide bonds. The fourth-order valence-corrected chi connectivity index (χ4v) is 3.28. The zero-order valence-corrected chi connectivity index (χ0v) is 11.7. The second kappa shape index (κ2) is 6.75. The highest BCUT2D eigenvalue weighted by Gasteiger charge is 2.19. The first-order valence-corrected chi connectivity index (χ1v) is 7.71. The molecule has 2 aliphatic rings. The Morgan fingerprint density at radius 1 is 0.647 bits per heavy atom. The predicted octanol–water partition coefficient (Wildman–Crippen LogP) is 3.28. The smallest absolute Gasteiger partial charge is 0.0458 e. The van der Waals surface area contributed by atoms with Gasteiger partial charge in [-0.05, 0) is 63.2 Å². The summed E-state index contributed by atoms with van der Waals surface area (Å²) in [7, 11) is 0. The highest BCUT2D eigenvalue weighted by molar-refractivity contribution is 4.77. The normalized spacial score (nSPS) is 39.2. The van der Waals surface area contributed by atoms with E-state index in [-0.39, 0.29) is 0 Å². The van der Waals surface area contributed by atoms with E-state index in [9.17, 15) is 0 Å². The van der Waals surface area contributed by atoms with Crippen LogP contribution in [0.25, 0.3) is 0 Å². The SMILES string of the molecule is CC1CCC(NCNC2CCC(C)CC2)CC1. The van der Waals surface area contributed by atoms with Gasteiger partial charge in [0.1, 0.15) is 0 Å². The zero-order chi connectivity index (χ0) is 12.1. The highest BCUT2D eigenvalue weighted by Crippen LogP contribution is 2.24. The molecule has 2 saturated carbocycles. The van der Waals surface area contributed by atoms with Crippen molar-refractivity contribution < 1.29 is 0 Å². The van der Waals surface area contributed by atoms with Gasteiger partial charge in [0, 0.05) is 18.8 Å². The van der Waals surface area contributed by atoms with Crippen molar-refractivity contribution in [1.82, 2.24) is 10.6 Å². The first-order chi connectivity index (χ1) is 8.24. The lowest BCUT2D eigenvalue weighted by Crippen LogP contribution is -2.43. The summed E-state index contributed by atoms with van der Waals surface area (Å²) in [5.74, 6) is 1.92. The minimum atomic E-state index is 0.779. The Bertz CT molecular complexity index is 179. The molecule has 2 nitrogen and oxygen atoms in total. The van der Waals surface area contributed by atoms with Gasteiger partial charge in [0.15, 0.2) is 0 Å². The van der Waals surface area contributed by atoms with E-state index in [4.69, 9.17) is 0 Å². The maximum atomic E-state index is 3.69. The van der Waals surface area contributed by atoms with E-state index in [0.29, 0.717) is 0 Å². The Kier molecular flexibility index (Phi) is 5.30. The second-order valence-electron chi connectivity index (χ2n) is 6.50. The van der Waals surface area contributed by atoms with E-state index in [0.717, 1.165) is 30.6 Å². The van der Waals surface area contributed by atoms with Gasteiger partial charge in [-0.15, -0.1) is 0 Å². The van der Waals surface area contributed by atoms with Crippen molar-refractivity contribution >= 4 is 0 Å². The molecule has 2 N–H and O–H groups in total. The van der Waals surface area contributed by atoms with Gasteiger partial charge in [0.25, 0.3) is 0 Å². The number of hydrogen-bond donors (Lipinski definition) is 2. The lowest BCUT2D eigenvalue weighted by molar-refractivity contribution is 0.272. The zero-order valence-electron chi connectivity index (χ0n) is 11.7. The largest absolute Gasteiger partial charge is 0.302 e. The third kappa shape index (κ3) is 4.59. The molecular weight excluding hydrogens is 208 g/mol. The summed E-state index contributed by atoms with van der Waals surface area (Å²) in [6, 6.07) is 1.56. The highest BCUT2D eigenvalue weighted by atomic mass is 15.1. The van der Waals surface area contributed by atoms with Crippen LogP contribution in [0.1, 0.15) is 65.2 Å². The average Bonchev–Trinajstić information content (AvgIpc) is 2.34. The van der Waals surface area contributed by atoms with E-state index >= 15 is 0 Å². The summed E-state index contributed by atoms with van der Waals surface area (Å²) in [6.07, 6.45) is 11.2. The summed E-state index contributed by atoms with van der Waals surface area (Å²) in [6.45, 7) is 5.80. The third-order valence-electron chi connectivity index (χ3n) is 4.81. The summed E-state index contributed by atoms with van der Waals surface area (Å²) in [5.41, 5.74) is 0. The number of nitrogens with one attached hydrogen (secondary N) is 2. The minimum absolute atomic E-state index is 0.779. The number of rotatable bonds is 4. The standard InChI is InChI=1S/C15H30N2/c1-12-3-7-14(8-4-12)16-11-17-15-9-5-13(2)6-10-15/h12-17H,3-11H2,1-2H3. The summed E-state index contributed by atoms with van der Waals surface area (Å²) < 4.78 is 0. The van der Waals surface area contributed by atoms with Crippen molar-refractivity contribution in [3.05, 3.63) is 0 Å². The first-order valence-electron chi connectivity index (χ1n) is 7.71. The first kappa shape index (κ1) is 13.4. The molecule has 0 aliphatic heterocycles. The second-order valence-corrected chi connectivity index (χ2v) is 6.50. The molecule has 17 heavy (non-hydrogen) atoms. The summed E-state index contributed by atoms with van der Waals surface area (Å²) >= 11 is 0. The van der Waals surface area contributed by atoms with Crippen LogP contribution in [0.5, 0.6) is 0 Å². The lowest BCUT2D eigenvalue weighted by Gasteiger charge is -2.30. The third-order valence-corrected chi connectivity index (χ3v) is 4.81. The molecule has 0 aromatic carbocycles. The predicted molar refractivity (Wildman–Crippen MR) is 74.0 cm³/mol. The van der Waals surface area contributed by atoms with E-state index in [2.05, 4.69) is 24.5 Å². The minimum Gasteiger partial charge on any atom is -0.302 e. The van der Waals surface area contributed by atoms with Gasteiger partial charge in [0.05, 0.1) is 0 Å². The van der Waals surface area contributed by atoms with Gasteiger partial charge in [-0.1, -0.05) is 13.8 Å². The van der Waals surface area contributed by atoms with Crippen molar-refractivity contribution in [3.8, 4) is 0 Å². The summed E-state index contributed by atoms with van der Waals surface area (Å²) in [4.78, 5) is 0. The van der Waals surface area contributed by atoms with Crippen LogP contribution in [0.4, 0.5) is 0 Å². The molecule has 0 unspecified atom stereocenters. The molecule has 0 atom stereocenters. The van der Waals surface area contributed by atoms with Crippen molar-refractivity contribution in [3.63, 3.8) is 0 Å². The Labute approximate surface area is 107 Å². The molecule has 0 bridgehead atoms. The molecule has 0 saturated heterocycles. The van der Waals surface area contributed by atoms with Crippen molar-refractivity contribution in [1.29, 1.82) is 0 Å². The van der Waals surface area contributed by atoms with Crippen molar-refractivity contribution in [2.75, 3.05) is 6.67 Å². The molecule has 0 spiro atoms. The maximum Gasteiger partial charge on any atom is 0.0458 e. The van der Waals surface area contributed by atoms with Crippen LogP contribution in [-0.4, -0.2) is 18.8 Å². The fourth-order valence-electron chi connectivity index (χ4n) is 3.28. The molecule has 100 valence electrons. The van der Waals surface area contributed by atoms with Crippen molar-refractivity contribution in [2.45, 2.75) is 77.3 Å². The molecule has 0 aromatic rings. The maximum absolute atomic E-state index is 3.69. The molecule has 0 heterocycles. The van der Waals surface area contributed by atoms with Gasteiger partial charge in [-0.2, -0.15) is 0 Å². The van der Waals surface area contributed by atoms with Crippen molar-refractivity contribution in [2.24, 2.45) is 11.8 Å². The van der Waals surface area contributed by atoms with Crippen LogP contribution in [0.3, 0.4) is 0 Å². The van der Waals surface area contributed by atoms with Crippen LogP contribution in [0.15, 0.2) is 0 Å². The molecule has 2 heteroatoms. The van der Waals surface area contributed by atoms with E-state index in [1.54, 1.807) is 0 Å². The molecule has 0 aromatic heterocycles. The Hall–Kier alpha value is -0.0800. The quantitative estimate of drug-likeness (QED) is 0.735. The van der Waals surface area contributed by atoms with Crippen LogP contribution in [0, 0.1) is 11.8 Å². The monoisotopic (exact) mass is 238 g/mol. The van der Waals surface area contributed by atoms with E-state index in [1.807, 2.05) is 0 Å². The van der Waals surface area contributed by atoms with Gasteiger partial charge < -0.3 is 10.6 Å². The van der Waals surface area contributed by atoms with E-state index < -0.39 is 0 Å². The molecule has 0 radical (unpaired) electrons. The van der Waals surface area contributed by atoms with Crippen LogP contribution in [0.2, 0.25) is 0 Å². The molecular formula is C15H30N2. The summed E-state index contributed by atoms with van der Waals surface area (Å²) in [5, 5.41) is 7.38. The van der Waals surface area contributed by atoms with Gasteiger partial charge in [-0.25, -0.2) is 0 Å². The van der Waals surface area contributed by atoms with E-state index in [1.165, 1.54) is 51.4 Å². The Balaban J connectivity index is 1.54. The fraction of sp³-hybridized carbons (Fsp3) is 1.00. The average molecular weight is 238 g/mol. The lowest BCUT2D eigenvalue weighted by atomic mass is 9.87. The Morgan fingerprint density at radius 3 is 1.35 bits per heavy atom. The van der Waals surface area contributed by atoms with Gasteiger partial charge in [-0.3, -0.25) is 0 Å². The molecule has 2 fully saturated rings. The Morgan fingerprint density at radius 2 is 1.00 bits per heavy atom. The van der Waals surface area contributed by atoms with Gasteiger partial charge >= 0.3 is 0 Å². The number of hydrogen-bond acceptors (Lipinski definition) is 2.